The lowest BCUT2D eigenvalue weighted by atomic mass is 9.70. The van der Waals surface area contributed by atoms with Crippen LogP contribution in [-0.4, -0.2) is 60.0 Å². The molecule has 0 saturated carbocycles. The molecule has 5 rings (SSSR count). The molecule has 1 aliphatic carbocycles. The van der Waals surface area contributed by atoms with Crippen molar-refractivity contribution >= 4 is 29.4 Å². The van der Waals surface area contributed by atoms with Crippen LogP contribution in [0.1, 0.15) is 61.5 Å². The number of ether oxygens (including phenoxy) is 2. The van der Waals surface area contributed by atoms with Crippen LogP contribution >= 0.6 is 11.6 Å². The molecule has 3 aliphatic rings. The number of carboxylic acid groups (broad SMARTS) is 1. The molecule has 0 unspecified atom stereocenters. The van der Waals surface area contributed by atoms with E-state index in [-0.39, 0.29) is 23.1 Å². The Bertz CT molecular complexity index is 1190. The highest BCUT2D eigenvalue weighted by Gasteiger charge is 2.44. The molecule has 0 bridgehead atoms. The molecule has 7 nitrogen and oxygen atoms in total. The van der Waals surface area contributed by atoms with Crippen LogP contribution in [0.2, 0.25) is 5.02 Å². The molecule has 2 aromatic carbocycles. The van der Waals surface area contributed by atoms with Crippen molar-refractivity contribution < 1.29 is 24.2 Å². The maximum absolute atomic E-state index is 12.8. The topological polar surface area (TPSA) is 79.3 Å². The molecule has 0 aromatic heterocycles. The molecule has 2 heterocycles. The Morgan fingerprint density at radius 1 is 1.22 bits per heavy atom. The summed E-state index contributed by atoms with van der Waals surface area (Å²) in [6.45, 7) is 7.99. The number of aryl methyl sites for hydroxylation is 1. The van der Waals surface area contributed by atoms with Crippen LogP contribution < -0.4 is 9.64 Å². The van der Waals surface area contributed by atoms with Gasteiger partial charge in [-0.25, -0.2) is 9.59 Å². The average Bonchev–Trinajstić information content (AvgIpc) is 2.92. The number of nitrogens with zero attached hydrogens (tertiary/aromatic N) is 2. The smallest absolute Gasteiger partial charge is 0.410 e. The van der Waals surface area contributed by atoms with E-state index in [0.29, 0.717) is 32.0 Å². The fraction of sp³-hybridized carbons (Fsp3) is 0.500. The van der Waals surface area contributed by atoms with Gasteiger partial charge in [-0.15, -0.1) is 0 Å². The van der Waals surface area contributed by atoms with E-state index >= 15 is 0 Å². The normalized spacial score (nSPS) is 23.2. The van der Waals surface area contributed by atoms with E-state index in [1.165, 1.54) is 11.1 Å². The van der Waals surface area contributed by atoms with E-state index in [1.54, 1.807) is 23.1 Å². The number of carboxylic acids is 1. The van der Waals surface area contributed by atoms with Crippen LogP contribution in [0.5, 0.6) is 5.75 Å². The predicted molar refractivity (Wildman–Crippen MR) is 139 cm³/mol. The van der Waals surface area contributed by atoms with Gasteiger partial charge in [0.1, 0.15) is 11.4 Å². The Morgan fingerprint density at radius 3 is 2.72 bits per heavy atom. The van der Waals surface area contributed by atoms with Gasteiger partial charge in [-0.05, 0) is 87.9 Å². The molecule has 1 amide bonds. The third kappa shape index (κ3) is 4.73. The number of rotatable bonds is 3. The lowest BCUT2D eigenvalue weighted by Crippen LogP contribution is -2.58. The molecular formula is C28H33ClN2O5. The number of hydrogen-bond acceptors (Lipinski definition) is 5. The van der Waals surface area contributed by atoms with Gasteiger partial charge in [0.15, 0.2) is 0 Å². The van der Waals surface area contributed by atoms with Gasteiger partial charge in [0, 0.05) is 30.1 Å². The minimum atomic E-state index is -0.978. The van der Waals surface area contributed by atoms with Gasteiger partial charge >= 0.3 is 12.1 Å². The highest BCUT2D eigenvalue weighted by molar-refractivity contribution is 6.30. The number of amides is 1. The molecule has 2 aromatic rings. The van der Waals surface area contributed by atoms with Gasteiger partial charge in [-0.3, -0.25) is 0 Å². The number of anilines is 1. The number of fused-ring (bicyclic) bond motifs is 3. The largest absolute Gasteiger partial charge is 0.490 e. The fourth-order valence-electron chi connectivity index (χ4n) is 5.69. The number of likely N-dealkylation sites (tertiary alicyclic amines) is 1. The number of halogens is 1. The molecular weight excluding hydrogens is 480 g/mol. The van der Waals surface area contributed by atoms with Gasteiger partial charge in [-0.2, -0.15) is 0 Å². The molecule has 192 valence electrons. The van der Waals surface area contributed by atoms with Crippen molar-refractivity contribution in [1.82, 2.24) is 4.90 Å². The van der Waals surface area contributed by atoms with Gasteiger partial charge < -0.3 is 24.4 Å². The summed E-state index contributed by atoms with van der Waals surface area (Å²) in [7, 11) is 0. The maximum Gasteiger partial charge on any atom is 0.410 e. The Morgan fingerprint density at radius 2 is 2.03 bits per heavy atom. The highest BCUT2D eigenvalue weighted by atomic mass is 35.5. The Kier molecular flexibility index (Phi) is 6.31. The van der Waals surface area contributed by atoms with Crippen LogP contribution in [0.15, 0.2) is 36.4 Å². The van der Waals surface area contributed by atoms with Crippen molar-refractivity contribution in [3.05, 3.63) is 58.1 Å². The highest BCUT2D eigenvalue weighted by Crippen LogP contribution is 2.45. The summed E-state index contributed by atoms with van der Waals surface area (Å²) in [4.78, 5) is 28.6. The van der Waals surface area contributed by atoms with Crippen molar-refractivity contribution in [3.8, 4) is 5.75 Å². The van der Waals surface area contributed by atoms with Crippen molar-refractivity contribution in [2.24, 2.45) is 0 Å². The maximum atomic E-state index is 12.8. The van der Waals surface area contributed by atoms with Gasteiger partial charge in [0.25, 0.3) is 0 Å². The van der Waals surface area contributed by atoms with Crippen LogP contribution in [0.25, 0.3) is 0 Å². The second-order valence-electron chi connectivity index (χ2n) is 11.2. The van der Waals surface area contributed by atoms with Crippen molar-refractivity contribution in [2.75, 3.05) is 31.1 Å². The van der Waals surface area contributed by atoms with E-state index in [1.807, 2.05) is 26.8 Å². The minimum Gasteiger partial charge on any atom is -0.490 e. The number of carbonyl (C=O) groups excluding carboxylic acids is 1. The molecule has 36 heavy (non-hydrogen) atoms. The Labute approximate surface area is 216 Å². The summed E-state index contributed by atoms with van der Waals surface area (Å²) in [6.07, 6.45) is 3.51. The molecule has 1 N–H and O–H groups in total. The number of aromatic carboxylic acids is 1. The second kappa shape index (κ2) is 9.18. The zero-order valence-corrected chi connectivity index (χ0v) is 21.8. The molecule has 8 heteroatoms. The van der Waals surface area contributed by atoms with Crippen molar-refractivity contribution in [1.29, 1.82) is 0 Å². The second-order valence-corrected chi connectivity index (χ2v) is 11.6. The number of hydrogen-bond donors (Lipinski definition) is 1. The Balaban J connectivity index is 1.50. The third-order valence-corrected chi connectivity index (χ3v) is 7.72. The first-order chi connectivity index (χ1) is 17.0. The van der Waals surface area contributed by atoms with Gasteiger partial charge in [0.05, 0.1) is 23.9 Å². The first-order valence-electron chi connectivity index (χ1n) is 12.6. The van der Waals surface area contributed by atoms with Crippen LogP contribution in [-0.2, 0) is 16.6 Å². The predicted octanol–water partition coefficient (Wildman–Crippen LogP) is 5.52. The lowest BCUT2D eigenvalue weighted by molar-refractivity contribution is -0.00389. The zero-order valence-electron chi connectivity index (χ0n) is 21.1. The molecule has 0 radical (unpaired) electrons. The van der Waals surface area contributed by atoms with E-state index in [0.717, 1.165) is 36.4 Å². The standard InChI is InChI=1S/C28H33ClN2O5/c1-27(2,3)36-26(34)31-12-10-21(31)15-30-16-28(11-4-5-18-13-20(29)7-8-22(18)28)17-35-24-9-6-19(25(32)33)14-23(24)30/h6-9,13-14,21H,4-5,10-12,15-17H2,1-3H3,(H,32,33)/t21-,28-/m0/s1. The average molecular weight is 513 g/mol. The summed E-state index contributed by atoms with van der Waals surface area (Å²) in [6, 6.07) is 11.1. The molecule has 2 atom stereocenters. The summed E-state index contributed by atoms with van der Waals surface area (Å²) >= 11 is 6.33. The number of benzene rings is 2. The van der Waals surface area contributed by atoms with Crippen LogP contribution in [0, 0.1) is 0 Å². The van der Waals surface area contributed by atoms with Gasteiger partial charge in [-0.1, -0.05) is 17.7 Å². The van der Waals surface area contributed by atoms with E-state index in [9.17, 15) is 14.7 Å². The summed E-state index contributed by atoms with van der Waals surface area (Å²) in [5, 5.41) is 10.4. The van der Waals surface area contributed by atoms with E-state index in [4.69, 9.17) is 21.1 Å². The summed E-state index contributed by atoms with van der Waals surface area (Å²) < 4.78 is 12.0. The molecule has 1 spiro atoms. The van der Waals surface area contributed by atoms with E-state index in [2.05, 4.69) is 17.0 Å². The van der Waals surface area contributed by atoms with Crippen molar-refractivity contribution in [2.45, 2.75) is 63.5 Å². The SMILES string of the molecule is CC(C)(C)OC(=O)N1CC[C@H]1CN1C[C@@]2(CCCc3cc(Cl)ccc32)COc2ccc(C(=O)O)cc21. The summed E-state index contributed by atoms with van der Waals surface area (Å²) in [5.74, 6) is -0.311. The summed E-state index contributed by atoms with van der Waals surface area (Å²) in [5.41, 5.74) is 2.63. The quantitative estimate of drug-likeness (QED) is 0.583. The lowest BCUT2D eigenvalue weighted by Gasteiger charge is -2.46. The van der Waals surface area contributed by atoms with Crippen LogP contribution in [0.3, 0.4) is 0 Å². The number of carbonyl (C=O) groups is 2. The zero-order chi connectivity index (χ0) is 25.7. The van der Waals surface area contributed by atoms with Crippen molar-refractivity contribution in [3.63, 3.8) is 0 Å². The van der Waals surface area contributed by atoms with E-state index < -0.39 is 11.6 Å². The van der Waals surface area contributed by atoms with Gasteiger partial charge in [0.2, 0.25) is 0 Å². The Hall–Kier alpha value is -2.93. The van der Waals surface area contributed by atoms with Crippen LogP contribution in [0.4, 0.5) is 10.5 Å². The molecule has 2 aliphatic heterocycles. The first kappa shape index (κ1) is 24.8. The minimum absolute atomic E-state index is 0.0235. The first-order valence-corrected chi connectivity index (χ1v) is 13.0. The molecule has 1 fully saturated rings. The monoisotopic (exact) mass is 512 g/mol. The molecule has 1 saturated heterocycles. The third-order valence-electron chi connectivity index (χ3n) is 7.49. The fourth-order valence-corrected chi connectivity index (χ4v) is 5.89.